The Hall–Kier alpha value is -2.27. The van der Waals surface area contributed by atoms with Gasteiger partial charge in [-0.1, -0.05) is 17.7 Å². The lowest BCUT2D eigenvalue weighted by molar-refractivity contribution is -0.130. The van der Waals surface area contributed by atoms with Gasteiger partial charge in [0.2, 0.25) is 11.8 Å². The van der Waals surface area contributed by atoms with E-state index in [4.69, 9.17) is 16.3 Å². The molecule has 0 atom stereocenters. The van der Waals surface area contributed by atoms with E-state index in [-0.39, 0.29) is 11.8 Å². The summed E-state index contributed by atoms with van der Waals surface area (Å²) in [6.07, 6.45) is 6.15. The van der Waals surface area contributed by atoms with Crippen molar-refractivity contribution in [3.05, 3.63) is 46.5 Å². The van der Waals surface area contributed by atoms with Gasteiger partial charge in [-0.05, 0) is 36.3 Å². The first-order valence-electron chi connectivity index (χ1n) is 8.38. The number of rotatable bonds is 2. The predicted molar refractivity (Wildman–Crippen MR) is 97.5 cm³/mol. The molecule has 2 aliphatic rings. The van der Waals surface area contributed by atoms with Crippen LogP contribution in [0.2, 0.25) is 5.02 Å². The minimum Gasteiger partial charge on any atom is -0.488 e. The molecule has 0 saturated carbocycles. The Kier molecular flexibility index (Phi) is 5.43. The Balaban J connectivity index is 1.64. The Morgan fingerprint density at radius 3 is 2.72 bits per heavy atom. The van der Waals surface area contributed by atoms with E-state index in [1.165, 1.54) is 0 Å². The number of nitrogens with zero attached hydrogens (tertiary/aromatic N) is 2. The third kappa shape index (κ3) is 4.42. The van der Waals surface area contributed by atoms with Crippen molar-refractivity contribution in [2.75, 3.05) is 32.8 Å². The summed E-state index contributed by atoms with van der Waals surface area (Å²) in [6.45, 7) is 4.53. The molecule has 1 aromatic carbocycles. The van der Waals surface area contributed by atoms with Gasteiger partial charge in [-0.15, -0.1) is 0 Å². The van der Waals surface area contributed by atoms with Crippen LogP contribution in [0.3, 0.4) is 0 Å². The molecule has 0 unspecified atom stereocenters. The Labute approximate surface area is 152 Å². The van der Waals surface area contributed by atoms with Crippen LogP contribution >= 0.6 is 11.6 Å². The quantitative estimate of drug-likeness (QED) is 0.762. The highest BCUT2D eigenvalue weighted by Gasteiger charge is 2.19. The number of halogens is 1. The topological polar surface area (TPSA) is 49.9 Å². The molecule has 0 aromatic heterocycles. The van der Waals surface area contributed by atoms with Gasteiger partial charge in [0.1, 0.15) is 12.4 Å². The summed E-state index contributed by atoms with van der Waals surface area (Å²) in [6, 6.07) is 5.48. The summed E-state index contributed by atoms with van der Waals surface area (Å²) in [7, 11) is 0. The Morgan fingerprint density at radius 1 is 1.16 bits per heavy atom. The second-order valence-electron chi connectivity index (χ2n) is 6.21. The Bertz CT molecular complexity index is 742. The molecule has 132 valence electrons. The van der Waals surface area contributed by atoms with Gasteiger partial charge in [0.25, 0.3) is 0 Å². The van der Waals surface area contributed by atoms with Gasteiger partial charge in [0.15, 0.2) is 0 Å². The molecule has 0 bridgehead atoms. The van der Waals surface area contributed by atoms with Crippen molar-refractivity contribution in [3.8, 4) is 5.75 Å². The molecular formula is C19H21ClN2O3. The van der Waals surface area contributed by atoms with Crippen molar-refractivity contribution in [3.63, 3.8) is 0 Å². The minimum absolute atomic E-state index is 0.0387. The van der Waals surface area contributed by atoms with Crippen molar-refractivity contribution in [1.82, 2.24) is 9.80 Å². The number of hydrogen-bond donors (Lipinski definition) is 0. The molecule has 2 heterocycles. The highest BCUT2D eigenvalue weighted by Crippen LogP contribution is 2.29. The van der Waals surface area contributed by atoms with E-state index in [0.717, 1.165) is 23.3 Å². The van der Waals surface area contributed by atoms with Crippen molar-refractivity contribution >= 4 is 29.5 Å². The summed E-state index contributed by atoms with van der Waals surface area (Å²) in [5.74, 6) is 0.819. The van der Waals surface area contributed by atoms with Crippen molar-refractivity contribution < 1.29 is 14.3 Å². The molecule has 6 heteroatoms. The molecule has 0 radical (unpaired) electrons. The second kappa shape index (κ2) is 7.74. The molecule has 0 spiro atoms. The summed E-state index contributed by atoms with van der Waals surface area (Å²) in [5, 5.41) is 0.652. The molecule has 2 amide bonds. The van der Waals surface area contributed by atoms with Crippen LogP contribution in [0, 0.1) is 0 Å². The van der Waals surface area contributed by atoms with Gasteiger partial charge in [0, 0.05) is 49.8 Å². The Morgan fingerprint density at radius 2 is 1.92 bits per heavy atom. The summed E-state index contributed by atoms with van der Waals surface area (Å²) in [5.41, 5.74) is 1.83. The van der Waals surface area contributed by atoms with E-state index >= 15 is 0 Å². The molecule has 0 N–H and O–H groups in total. The average Bonchev–Trinajstić information content (AvgIpc) is 2.85. The van der Waals surface area contributed by atoms with Crippen molar-refractivity contribution in [1.29, 1.82) is 0 Å². The summed E-state index contributed by atoms with van der Waals surface area (Å²) >= 11 is 6.01. The first-order chi connectivity index (χ1) is 12.0. The van der Waals surface area contributed by atoms with E-state index < -0.39 is 0 Å². The van der Waals surface area contributed by atoms with Crippen LogP contribution in [-0.2, 0) is 9.59 Å². The molecule has 25 heavy (non-hydrogen) atoms. The van der Waals surface area contributed by atoms with Crippen LogP contribution in [0.4, 0.5) is 0 Å². The average molecular weight is 361 g/mol. The van der Waals surface area contributed by atoms with Gasteiger partial charge in [0.05, 0.1) is 0 Å². The lowest BCUT2D eigenvalue weighted by Crippen LogP contribution is -2.35. The lowest BCUT2D eigenvalue weighted by atomic mass is 10.1. The molecule has 2 aliphatic heterocycles. The highest BCUT2D eigenvalue weighted by atomic mass is 35.5. The van der Waals surface area contributed by atoms with Crippen molar-refractivity contribution in [2.24, 2.45) is 0 Å². The maximum absolute atomic E-state index is 12.4. The summed E-state index contributed by atoms with van der Waals surface area (Å²) < 4.78 is 5.68. The molecule has 0 aliphatic carbocycles. The van der Waals surface area contributed by atoms with E-state index in [1.54, 1.807) is 34.9 Å². The fourth-order valence-electron chi connectivity index (χ4n) is 3.00. The first kappa shape index (κ1) is 17.5. The predicted octanol–water partition coefficient (Wildman–Crippen LogP) is 2.75. The fourth-order valence-corrected chi connectivity index (χ4v) is 3.18. The number of carbonyl (C=O) groups excluding carboxylic acids is 2. The standard InChI is InChI=1S/C19H21ClN2O3/c1-14(23)21-7-2-8-22(10-9-21)19(24)6-3-15-11-16-12-17(20)4-5-18(16)25-13-15/h3-6,11-12H,2,7-10,13H2,1H3/b6-3+. The maximum Gasteiger partial charge on any atom is 0.246 e. The number of carbonyl (C=O) groups is 2. The van der Waals surface area contributed by atoms with E-state index in [0.29, 0.717) is 37.8 Å². The van der Waals surface area contributed by atoms with Crippen LogP contribution in [-0.4, -0.2) is 54.4 Å². The van der Waals surface area contributed by atoms with Gasteiger partial charge >= 0.3 is 0 Å². The van der Waals surface area contributed by atoms with Crippen LogP contribution < -0.4 is 4.74 Å². The highest BCUT2D eigenvalue weighted by molar-refractivity contribution is 6.30. The monoisotopic (exact) mass is 360 g/mol. The first-order valence-corrected chi connectivity index (χ1v) is 8.76. The van der Waals surface area contributed by atoms with E-state index in [1.807, 2.05) is 18.2 Å². The largest absolute Gasteiger partial charge is 0.488 e. The van der Waals surface area contributed by atoms with Crippen molar-refractivity contribution in [2.45, 2.75) is 13.3 Å². The zero-order chi connectivity index (χ0) is 17.8. The minimum atomic E-state index is -0.0387. The van der Waals surface area contributed by atoms with Gasteiger partial charge in [-0.25, -0.2) is 0 Å². The van der Waals surface area contributed by atoms with Gasteiger partial charge < -0.3 is 14.5 Å². The third-order valence-corrected chi connectivity index (χ3v) is 4.64. The SMILES string of the molecule is CC(=O)N1CCCN(C(=O)/C=C/C2=Cc3cc(Cl)ccc3OC2)CC1. The molecular weight excluding hydrogens is 340 g/mol. The van der Waals surface area contributed by atoms with Gasteiger partial charge in [-0.2, -0.15) is 0 Å². The fraction of sp³-hybridized carbons (Fsp3) is 0.368. The zero-order valence-corrected chi connectivity index (χ0v) is 15.0. The second-order valence-corrected chi connectivity index (χ2v) is 6.64. The maximum atomic E-state index is 12.4. The number of fused-ring (bicyclic) bond motifs is 1. The molecule has 3 rings (SSSR count). The molecule has 1 fully saturated rings. The normalized spacial score (nSPS) is 17.6. The third-order valence-electron chi connectivity index (χ3n) is 4.40. The number of ether oxygens (including phenoxy) is 1. The van der Waals surface area contributed by atoms with Gasteiger partial charge in [-0.3, -0.25) is 9.59 Å². The number of benzene rings is 1. The smallest absolute Gasteiger partial charge is 0.246 e. The molecule has 5 nitrogen and oxygen atoms in total. The zero-order valence-electron chi connectivity index (χ0n) is 14.2. The van der Waals surface area contributed by atoms with E-state index in [9.17, 15) is 9.59 Å². The van der Waals surface area contributed by atoms with E-state index in [2.05, 4.69) is 0 Å². The summed E-state index contributed by atoms with van der Waals surface area (Å²) in [4.78, 5) is 27.5. The molecule has 1 aromatic rings. The van der Waals surface area contributed by atoms with Crippen LogP contribution in [0.1, 0.15) is 18.9 Å². The van der Waals surface area contributed by atoms with Crippen LogP contribution in [0.25, 0.3) is 6.08 Å². The molecule has 1 saturated heterocycles. The van der Waals surface area contributed by atoms with Crippen LogP contribution in [0.15, 0.2) is 35.9 Å². The lowest BCUT2D eigenvalue weighted by Gasteiger charge is -2.20. The number of hydrogen-bond acceptors (Lipinski definition) is 3. The number of amides is 2. The van der Waals surface area contributed by atoms with Crippen LogP contribution in [0.5, 0.6) is 5.75 Å².